The Hall–Kier alpha value is -3.38. The summed E-state index contributed by atoms with van der Waals surface area (Å²) in [6, 6.07) is 12.5. The number of likely N-dealkylation sites (N-methyl/N-ethyl adjacent to an activating group) is 1. The van der Waals surface area contributed by atoms with Crippen molar-refractivity contribution in [2.24, 2.45) is 0 Å². The Bertz CT molecular complexity index is 1100. The lowest BCUT2D eigenvalue weighted by atomic mass is 9.93. The van der Waals surface area contributed by atoms with E-state index < -0.39 is 17.7 Å². The summed E-state index contributed by atoms with van der Waals surface area (Å²) in [4.78, 5) is 29.7. The molecule has 2 aromatic rings. The molecule has 1 unspecified atom stereocenters. The quantitative estimate of drug-likeness (QED) is 0.254. The maximum atomic E-state index is 13.2. The van der Waals surface area contributed by atoms with Crippen molar-refractivity contribution in [2.75, 3.05) is 33.8 Å². The third-order valence-corrected chi connectivity index (χ3v) is 6.05. The highest BCUT2D eigenvalue weighted by Gasteiger charge is 2.45. The Morgan fingerprint density at radius 1 is 1.18 bits per heavy atom. The summed E-state index contributed by atoms with van der Waals surface area (Å²) in [6.07, 6.45) is 1.66. The van der Waals surface area contributed by atoms with Gasteiger partial charge in [0.1, 0.15) is 18.1 Å². The molecular weight excluding hydrogens is 428 g/mol. The zero-order valence-electron chi connectivity index (χ0n) is 20.7. The molecule has 0 aliphatic carbocycles. The van der Waals surface area contributed by atoms with Crippen molar-refractivity contribution >= 4 is 17.4 Å². The molecule has 1 heterocycles. The van der Waals surface area contributed by atoms with Crippen LogP contribution in [0, 0.1) is 6.92 Å². The van der Waals surface area contributed by atoms with Crippen LogP contribution in [0.15, 0.2) is 60.7 Å². The largest absolute Gasteiger partial charge is 0.507 e. The molecule has 0 spiro atoms. The molecule has 1 N–H and O–H groups in total. The summed E-state index contributed by atoms with van der Waals surface area (Å²) in [5.74, 6) is -0.410. The lowest BCUT2D eigenvalue weighted by molar-refractivity contribution is -0.140. The number of nitrogens with zero attached hydrogens (tertiary/aromatic N) is 2. The predicted octanol–water partition coefficient (Wildman–Crippen LogP) is 4.67. The summed E-state index contributed by atoms with van der Waals surface area (Å²) in [5, 5.41) is 11.3. The van der Waals surface area contributed by atoms with E-state index in [0.717, 1.165) is 11.1 Å². The van der Waals surface area contributed by atoms with Crippen LogP contribution in [0.3, 0.4) is 0 Å². The third-order valence-electron chi connectivity index (χ3n) is 6.05. The molecule has 34 heavy (non-hydrogen) atoms. The number of ether oxygens (including phenoxy) is 1. The number of aliphatic hydroxyl groups excluding tert-OH is 1. The van der Waals surface area contributed by atoms with E-state index in [1.165, 1.54) is 5.56 Å². The van der Waals surface area contributed by atoms with E-state index in [9.17, 15) is 14.7 Å². The molecule has 1 saturated heterocycles. The summed E-state index contributed by atoms with van der Waals surface area (Å²) < 4.78 is 5.63. The minimum Gasteiger partial charge on any atom is -0.507 e. The molecule has 1 aliphatic heterocycles. The van der Waals surface area contributed by atoms with Crippen LogP contribution in [0.2, 0.25) is 0 Å². The number of hydrogen-bond acceptors (Lipinski definition) is 5. The van der Waals surface area contributed by atoms with Crippen LogP contribution >= 0.6 is 0 Å². The highest BCUT2D eigenvalue weighted by Crippen LogP contribution is 2.40. The Balaban J connectivity index is 2.10. The van der Waals surface area contributed by atoms with Crippen molar-refractivity contribution in [3.63, 3.8) is 0 Å². The molecule has 0 bridgehead atoms. The number of aryl methyl sites for hydroxylation is 1. The van der Waals surface area contributed by atoms with Crippen LogP contribution < -0.4 is 4.74 Å². The van der Waals surface area contributed by atoms with Crippen molar-refractivity contribution < 1.29 is 19.4 Å². The molecule has 0 radical (unpaired) electrons. The monoisotopic (exact) mass is 462 g/mol. The van der Waals surface area contributed by atoms with Gasteiger partial charge in [-0.2, -0.15) is 0 Å². The maximum Gasteiger partial charge on any atom is 0.295 e. The topological polar surface area (TPSA) is 70.1 Å². The fourth-order valence-corrected chi connectivity index (χ4v) is 4.09. The van der Waals surface area contributed by atoms with Crippen LogP contribution in [0.4, 0.5) is 0 Å². The zero-order valence-corrected chi connectivity index (χ0v) is 20.7. The molecular formula is C28H34N2O4. The minimum absolute atomic E-state index is 0.111. The van der Waals surface area contributed by atoms with Gasteiger partial charge in [0.05, 0.1) is 11.6 Å². The molecule has 6 heteroatoms. The van der Waals surface area contributed by atoms with Gasteiger partial charge in [0, 0.05) is 18.7 Å². The number of rotatable bonds is 9. The third kappa shape index (κ3) is 5.23. The summed E-state index contributed by atoms with van der Waals surface area (Å²) in [7, 11) is 3.84. The summed E-state index contributed by atoms with van der Waals surface area (Å²) in [5.41, 5.74) is 3.36. The van der Waals surface area contributed by atoms with E-state index in [2.05, 4.69) is 20.4 Å². The Labute approximate surface area is 202 Å². The second-order valence-electron chi connectivity index (χ2n) is 9.20. The fourth-order valence-electron chi connectivity index (χ4n) is 4.09. The second kappa shape index (κ2) is 10.7. The van der Waals surface area contributed by atoms with E-state index in [4.69, 9.17) is 4.74 Å². The van der Waals surface area contributed by atoms with Crippen molar-refractivity contribution in [1.29, 1.82) is 0 Å². The number of amides is 1. The van der Waals surface area contributed by atoms with E-state index >= 15 is 0 Å². The zero-order chi connectivity index (χ0) is 25.0. The Morgan fingerprint density at radius 3 is 2.41 bits per heavy atom. The van der Waals surface area contributed by atoms with E-state index in [1.54, 1.807) is 29.2 Å². The minimum atomic E-state index is -0.668. The highest BCUT2D eigenvalue weighted by atomic mass is 16.5. The highest BCUT2D eigenvalue weighted by molar-refractivity contribution is 6.46. The van der Waals surface area contributed by atoms with Crippen LogP contribution in [0.25, 0.3) is 5.76 Å². The normalized spacial score (nSPS) is 17.6. The molecule has 1 aliphatic rings. The SMILES string of the molecule is C=CCOc1ccc(/C(O)=C2\C(=O)C(=O)N(CCN(C)C)C2c2ccc(C(C)C)cc2)cc1C. The number of carbonyl (C=O) groups excluding carboxylic acids is 2. The fraction of sp³-hybridized carbons (Fsp3) is 0.357. The van der Waals surface area contributed by atoms with Crippen LogP contribution in [0.1, 0.15) is 48.1 Å². The number of Topliss-reactive ketones (excluding diaryl/α,β-unsaturated/α-hetero) is 1. The number of likely N-dealkylation sites (tertiary alicyclic amines) is 1. The average Bonchev–Trinajstić information content (AvgIpc) is 3.06. The van der Waals surface area contributed by atoms with Gasteiger partial charge in [-0.3, -0.25) is 9.59 Å². The average molecular weight is 463 g/mol. The first-order chi connectivity index (χ1) is 16.1. The Morgan fingerprint density at radius 2 is 1.85 bits per heavy atom. The maximum absolute atomic E-state index is 13.2. The number of hydrogen-bond donors (Lipinski definition) is 1. The van der Waals surface area contributed by atoms with Crippen LogP contribution in [-0.2, 0) is 9.59 Å². The Kier molecular flexibility index (Phi) is 7.94. The molecule has 6 nitrogen and oxygen atoms in total. The van der Waals surface area contributed by atoms with Crippen molar-refractivity contribution in [2.45, 2.75) is 32.7 Å². The molecule has 180 valence electrons. The molecule has 1 amide bonds. The first-order valence-corrected chi connectivity index (χ1v) is 11.5. The van der Waals surface area contributed by atoms with Gasteiger partial charge >= 0.3 is 0 Å². The van der Waals surface area contributed by atoms with Gasteiger partial charge in [-0.1, -0.05) is 50.8 Å². The predicted molar refractivity (Wildman–Crippen MR) is 135 cm³/mol. The van der Waals surface area contributed by atoms with Gasteiger partial charge in [0.2, 0.25) is 0 Å². The van der Waals surface area contributed by atoms with Crippen molar-refractivity contribution in [1.82, 2.24) is 9.80 Å². The molecule has 0 saturated carbocycles. The smallest absolute Gasteiger partial charge is 0.295 e. The number of benzene rings is 2. The number of carbonyl (C=O) groups is 2. The van der Waals surface area contributed by atoms with Gasteiger partial charge in [0.15, 0.2) is 0 Å². The molecule has 3 rings (SSSR count). The van der Waals surface area contributed by atoms with E-state index in [-0.39, 0.29) is 11.3 Å². The molecule has 1 fully saturated rings. The number of ketones is 1. The number of aliphatic hydroxyl groups is 1. The van der Waals surface area contributed by atoms with Crippen molar-refractivity contribution in [3.05, 3.63) is 82.9 Å². The molecule has 0 aromatic heterocycles. The van der Waals surface area contributed by atoms with Gasteiger partial charge in [-0.05, 0) is 61.8 Å². The molecule has 1 atom stereocenters. The first kappa shape index (κ1) is 25.2. The molecule has 2 aromatic carbocycles. The standard InChI is InChI=1S/C28H34N2O4/c1-7-16-34-23-13-12-22(17-19(23)4)26(31)24-25(21-10-8-20(9-11-21)18(2)3)30(15-14-29(5)6)28(33)27(24)32/h7-13,17-18,25,31H,1,14-16H2,2-6H3/b26-24+. The second-order valence-corrected chi connectivity index (χ2v) is 9.20. The lowest BCUT2D eigenvalue weighted by Crippen LogP contribution is -2.35. The van der Waals surface area contributed by atoms with E-state index in [0.29, 0.717) is 36.9 Å². The van der Waals surface area contributed by atoms with Crippen LogP contribution in [-0.4, -0.2) is 60.4 Å². The lowest BCUT2D eigenvalue weighted by Gasteiger charge is -2.27. The van der Waals surface area contributed by atoms with Crippen LogP contribution in [0.5, 0.6) is 5.75 Å². The summed E-state index contributed by atoms with van der Waals surface area (Å²) >= 11 is 0. The van der Waals surface area contributed by atoms with Gasteiger partial charge in [-0.15, -0.1) is 0 Å². The van der Waals surface area contributed by atoms with Gasteiger partial charge in [0.25, 0.3) is 11.7 Å². The van der Waals surface area contributed by atoms with E-state index in [1.807, 2.05) is 50.2 Å². The van der Waals surface area contributed by atoms with Gasteiger partial charge in [-0.25, -0.2) is 0 Å². The first-order valence-electron chi connectivity index (χ1n) is 11.5. The van der Waals surface area contributed by atoms with Crippen molar-refractivity contribution in [3.8, 4) is 5.75 Å². The van der Waals surface area contributed by atoms with Gasteiger partial charge < -0.3 is 19.6 Å². The summed E-state index contributed by atoms with van der Waals surface area (Å²) in [6.45, 7) is 11.1.